The molecule has 3 aromatic rings. The first kappa shape index (κ1) is 19.7. The molecule has 29 heavy (non-hydrogen) atoms. The fraction of sp³-hybridized carbons (Fsp3) is 0.0952. The summed E-state index contributed by atoms with van der Waals surface area (Å²) >= 11 is 0. The van der Waals surface area contributed by atoms with Crippen molar-refractivity contribution in [3.63, 3.8) is 0 Å². The Morgan fingerprint density at radius 3 is 2.28 bits per heavy atom. The number of urea groups is 1. The Morgan fingerprint density at radius 1 is 0.862 bits per heavy atom. The second-order valence-corrected chi connectivity index (χ2v) is 5.83. The van der Waals surface area contributed by atoms with Gasteiger partial charge in [-0.3, -0.25) is 10.1 Å². The summed E-state index contributed by atoms with van der Waals surface area (Å²) in [6.45, 7) is -0.460. The molecule has 0 unspecified atom stereocenters. The topological polar surface area (TPSA) is 107 Å². The molecular weight excluding hydrogens is 376 g/mol. The molecule has 2 aromatic carbocycles. The van der Waals surface area contributed by atoms with Crippen molar-refractivity contribution in [1.82, 2.24) is 10.6 Å². The number of esters is 1. The molecule has 0 fully saturated rings. The molecular formula is C21H18N2O6. The van der Waals surface area contributed by atoms with Crippen LogP contribution in [0.15, 0.2) is 77.4 Å². The highest BCUT2D eigenvalue weighted by Crippen LogP contribution is 2.21. The van der Waals surface area contributed by atoms with Gasteiger partial charge in [-0.2, -0.15) is 0 Å². The van der Waals surface area contributed by atoms with Crippen molar-refractivity contribution in [2.24, 2.45) is 0 Å². The van der Waals surface area contributed by atoms with Crippen molar-refractivity contribution in [3.05, 3.63) is 84.3 Å². The lowest BCUT2D eigenvalue weighted by Gasteiger charge is -2.08. The molecule has 0 aliphatic carbocycles. The lowest BCUT2D eigenvalue weighted by Crippen LogP contribution is -2.41. The average molecular weight is 394 g/mol. The lowest BCUT2D eigenvalue weighted by molar-refractivity contribution is -0.123. The molecule has 0 aliphatic heterocycles. The maximum absolute atomic E-state index is 12.0. The number of furan rings is 1. The Hall–Kier alpha value is -4.07. The van der Waals surface area contributed by atoms with Crippen LogP contribution in [-0.4, -0.2) is 24.5 Å². The summed E-state index contributed by atoms with van der Waals surface area (Å²) in [6.07, 6.45) is 1.47. The van der Waals surface area contributed by atoms with Crippen molar-refractivity contribution in [2.45, 2.75) is 6.54 Å². The van der Waals surface area contributed by atoms with Gasteiger partial charge in [0.25, 0.3) is 5.91 Å². The zero-order valence-corrected chi connectivity index (χ0v) is 15.3. The van der Waals surface area contributed by atoms with Crippen LogP contribution >= 0.6 is 0 Å². The molecule has 0 spiro atoms. The van der Waals surface area contributed by atoms with Gasteiger partial charge in [0.2, 0.25) is 0 Å². The Bertz CT molecular complexity index is 953. The van der Waals surface area contributed by atoms with Gasteiger partial charge < -0.3 is 19.2 Å². The average Bonchev–Trinajstić information content (AvgIpc) is 3.25. The number of nitrogens with one attached hydrogen (secondary N) is 2. The summed E-state index contributed by atoms with van der Waals surface area (Å²) in [7, 11) is 0. The number of rotatable bonds is 7. The van der Waals surface area contributed by atoms with Crippen molar-refractivity contribution < 1.29 is 28.3 Å². The highest BCUT2D eigenvalue weighted by molar-refractivity contribution is 5.97. The predicted octanol–water partition coefficient (Wildman–Crippen LogP) is 3.25. The summed E-state index contributed by atoms with van der Waals surface area (Å²) in [4.78, 5) is 35.4. The second-order valence-electron chi connectivity index (χ2n) is 5.83. The van der Waals surface area contributed by atoms with E-state index in [0.717, 1.165) is 0 Å². The van der Waals surface area contributed by atoms with Gasteiger partial charge in [0.05, 0.1) is 18.4 Å². The van der Waals surface area contributed by atoms with Crippen molar-refractivity contribution in [1.29, 1.82) is 0 Å². The van der Waals surface area contributed by atoms with Crippen molar-refractivity contribution >= 4 is 17.9 Å². The number of hydrogen-bond acceptors (Lipinski definition) is 6. The molecule has 0 saturated heterocycles. The molecule has 8 heteroatoms. The minimum absolute atomic E-state index is 0.128. The molecule has 0 saturated carbocycles. The van der Waals surface area contributed by atoms with E-state index in [1.807, 2.05) is 30.3 Å². The van der Waals surface area contributed by atoms with E-state index in [4.69, 9.17) is 13.9 Å². The summed E-state index contributed by atoms with van der Waals surface area (Å²) in [5.41, 5.74) is 0.250. The highest BCUT2D eigenvalue weighted by atomic mass is 16.5. The van der Waals surface area contributed by atoms with Crippen LogP contribution in [0.25, 0.3) is 0 Å². The van der Waals surface area contributed by atoms with Gasteiger partial charge in [0.15, 0.2) is 6.61 Å². The number of amides is 3. The number of imide groups is 1. The lowest BCUT2D eigenvalue weighted by atomic mass is 10.2. The van der Waals surface area contributed by atoms with Crippen LogP contribution in [0.3, 0.4) is 0 Å². The van der Waals surface area contributed by atoms with Crippen LogP contribution in [0.5, 0.6) is 11.5 Å². The van der Waals surface area contributed by atoms with E-state index in [9.17, 15) is 14.4 Å². The number of para-hydroxylation sites is 1. The molecule has 1 aromatic heterocycles. The van der Waals surface area contributed by atoms with Gasteiger partial charge in [-0.25, -0.2) is 9.59 Å². The predicted molar refractivity (Wildman–Crippen MR) is 102 cm³/mol. The zero-order valence-electron chi connectivity index (χ0n) is 15.3. The molecule has 0 bridgehead atoms. The number of benzene rings is 2. The molecule has 0 radical (unpaired) electrons. The van der Waals surface area contributed by atoms with Crippen molar-refractivity contribution in [3.8, 4) is 11.5 Å². The normalized spacial score (nSPS) is 10.1. The van der Waals surface area contributed by atoms with E-state index in [2.05, 4.69) is 10.6 Å². The van der Waals surface area contributed by atoms with Gasteiger partial charge in [0.1, 0.15) is 17.3 Å². The van der Waals surface area contributed by atoms with Gasteiger partial charge in [-0.05, 0) is 48.5 Å². The van der Waals surface area contributed by atoms with Crippen LogP contribution in [0.1, 0.15) is 16.1 Å². The van der Waals surface area contributed by atoms with E-state index in [0.29, 0.717) is 17.3 Å². The monoisotopic (exact) mass is 394 g/mol. The maximum Gasteiger partial charge on any atom is 0.338 e. The second kappa shape index (κ2) is 9.75. The van der Waals surface area contributed by atoms with Crippen molar-refractivity contribution in [2.75, 3.05) is 6.61 Å². The Kier molecular flexibility index (Phi) is 6.62. The molecule has 8 nitrogen and oxygen atoms in total. The minimum atomic E-state index is -0.751. The van der Waals surface area contributed by atoms with E-state index in [-0.39, 0.29) is 12.1 Å². The third kappa shape index (κ3) is 6.24. The third-order valence-corrected chi connectivity index (χ3v) is 3.66. The highest BCUT2D eigenvalue weighted by Gasteiger charge is 2.13. The maximum atomic E-state index is 12.0. The SMILES string of the molecule is O=C(COC(=O)c1ccc(Oc2ccccc2)cc1)NC(=O)NCc1ccco1. The Morgan fingerprint density at radius 2 is 1.59 bits per heavy atom. The Labute approximate surface area is 166 Å². The largest absolute Gasteiger partial charge is 0.467 e. The summed E-state index contributed by atoms with van der Waals surface area (Å²) in [5, 5.41) is 4.50. The van der Waals surface area contributed by atoms with Gasteiger partial charge in [0, 0.05) is 0 Å². The molecule has 0 atom stereocenters. The molecule has 3 rings (SSSR count). The Balaban J connectivity index is 1.41. The van der Waals surface area contributed by atoms with E-state index >= 15 is 0 Å². The van der Waals surface area contributed by atoms with Gasteiger partial charge in [-0.1, -0.05) is 18.2 Å². The molecule has 148 valence electrons. The summed E-state index contributed by atoms with van der Waals surface area (Å²) in [6, 6.07) is 18.1. The smallest absolute Gasteiger partial charge is 0.338 e. The fourth-order valence-corrected chi connectivity index (χ4v) is 2.29. The first-order valence-electron chi connectivity index (χ1n) is 8.70. The van der Waals surface area contributed by atoms with Gasteiger partial charge >= 0.3 is 12.0 Å². The van der Waals surface area contributed by atoms with Crippen LogP contribution in [0, 0.1) is 0 Å². The quantitative estimate of drug-likeness (QED) is 0.596. The first-order chi connectivity index (χ1) is 14.1. The molecule has 3 amide bonds. The summed E-state index contributed by atoms with van der Waals surface area (Å²) in [5.74, 6) is 0.323. The third-order valence-electron chi connectivity index (χ3n) is 3.66. The van der Waals surface area contributed by atoms with Crippen LogP contribution < -0.4 is 15.4 Å². The number of carbonyl (C=O) groups is 3. The standard InChI is InChI=1S/C21H18N2O6/c24-19(23-21(26)22-13-18-7-4-12-27-18)14-28-20(25)15-8-10-17(11-9-15)29-16-5-2-1-3-6-16/h1-12H,13-14H2,(H2,22,23,24,26). The summed E-state index contributed by atoms with van der Waals surface area (Å²) < 4.78 is 15.6. The minimum Gasteiger partial charge on any atom is -0.467 e. The number of hydrogen-bond donors (Lipinski definition) is 2. The van der Waals surface area contributed by atoms with Crippen LogP contribution in [0.4, 0.5) is 4.79 Å². The zero-order chi connectivity index (χ0) is 20.5. The molecule has 1 heterocycles. The fourth-order valence-electron chi connectivity index (χ4n) is 2.29. The molecule has 0 aliphatic rings. The van der Waals surface area contributed by atoms with Gasteiger partial charge in [-0.15, -0.1) is 0 Å². The van der Waals surface area contributed by atoms with E-state index in [1.54, 1.807) is 24.3 Å². The van der Waals surface area contributed by atoms with Crippen LogP contribution in [-0.2, 0) is 16.1 Å². The van der Waals surface area contributed by atoms with E-state index < -0.39 is 24.5 Å². The first-order valence-corrected chi connectivity index (χ1v) is 8.70. The van der Waals surface area contributed by atoms with E-state index in [1.165, 1.54) is 18.4 Å². The molecule has 2 N–H and O–H groups in total. The van der Waals surface area contributed by atoms with Crippen LogP contribution in [0.2, 0.25) is 0 Å². The number of ether oxygens (including phenoxy) is 2. The number of carbonyl (C=O) groups excluding carboxylic acids is 3.